The first kappa shape index (κ1) is 15.2. The number of benzene rings is 1. The Bertz CT molecular complexity index is 683. The van der Waals surface area contributed by atoms with Crippen molar-refractivity contribution in [2.45, 2.75) is 26.2 Å². The summed E-state index contributed by atoms with van der Waals surface area (Å²) in [6.45, 7) is 6.19. The molecule has 1 aromatic carbocycles. The van der Waals surface area contributed by atoms with Gasteiger partial charge < -0.3 is 5.32 Å². The molecular formula is C14H15ClN4O2. The number of nitro groups is 1. The van der Waals surface area contributed by atoms with E-state index in [9.17, 15) is 10.1 Å². The fourth-order valence-corrected chi connectivity index (χ4v) is 2.09. The lowest BCUT2D eigenvalue weighted by Crippen LogP contribution is -2.14. The van der Waals surface area contributed by atoms with Crippen molar-refractivity contribution >= 4 is 28.8 Å². The van der Waals surface area contributed by atoms with Crippen LogP contribution < -0.4 is 5.32 Å². The second-order valence-electron chi connectivity index (χ2n) is 5.55. The third kappa shape index (κ3) is 3.46. The quantitative estimate of drug-likeness (QED) is 0.525. The van der Waals surface area contributed by atoms with Gasteiger partial charge in [0, 0.05) is 5.69 Å². The third-order valence-corrected chi connectivity index (χ3v) is 3.11. The topological polar surface area (TPSA) is 81.0 Å². The van der Waals surface area contributed by atoms with Crippen LogP contribution in [-0.2, 0) is 5.41 Å². The molecule has 1 N–H and O–H groups in total. The molecule has 0 spiro atoms. The summed E-state index contributed by atoms with van der Waals surface area (Å²) in [6.07, 6.45) is 1.09. The van der Waals surface area contributed by atoms with E-state index in [0.717, 1.165) is 17.4 Å². The van der Waals surface area contributed by atoms with E-state index in [1.165, 1.54) is 0 Å². The maximum absolute atomic E-state index is 11.0. The van der Waals surface area contributed by atoms with Crippen molar-refractivity contribution in [1.82, 2.24) is 9.97 Å². The Morgan fingerprint density at radius 2 is 1.95 bits per heavy atom. The summed E-state index contributed by atoms with van der Waals surface area (Å²) in [4.78, 5) is 18.1. The first-order valence-electron chi connectivity index (χ1n) is 6.32. The van der Waals surface area contributed by atoms with E-state index in [4.69, 9.17) is 11.6 Å². The van der Waals surface area contributed by atoms with Crippen molar-refractivity contribution < 1.29 is 4.92 Å². The van der Waals surface area contributed by atoms with Gasteiger partial charge in [-0.05, 0) is 28.6 Å². The van der Waals surface area contributed by atoms with Crippen LogP contribution in [0.1, 0.15) is 26.3 Å². The van der Waals surface area contributed by atoms with E-state index in [2.05, 4.69) is 36.1 Å². The number of anilines is 2. The van der Waals surface area contributed by atoms with Gasteiger partial charge in [0.05, 0.1) is 4.92 Å². The Morgan fingerprint density at radius 3 is 2.57 bits per heavy atom. The Hall–Kier alpha value is -2.21. The van der Waals surface area contributed by atoms with Crippen molar-refractivity contribution in [3.8, 4) is 0 Å². The van der Waals surface area contributed by atoms with Gasteiger partial charge in [-0.3, -0.25) is 10.1 Å². The van der Waals surface area contributed by atoms with Crippen LogP contribution in [0.3, 0.4) is 0 Å². The molecule has 0 aliphatic heterocycles. The SMILES string of the molecule is CC(C)(C)c1ccccc1Nc1nc(Cl)ncc1[N+](=O)[O-]. The van der Waals surface area contributed by atoms with Crippen molar-refractivity contribution in [2.75, 3.05) is 5.32 Å². The molecule has 0 bridgehead atoms. The molecule has 0 aliphatic carbocycles. The van der Waals surface area contributed by atoms with Gasteiger partial charge in [0.2, 0.25) is 11.1 Å². The molecule has 2 aromatic rings. The maximum atomic E-state index is 11.0. The summed E-state index contributed by atoms with van der Waals surface area (Å²) in [5.41, 5.74) is 1.44. The lowest BCUT2D eigenvalue weighted by atomic mass is 9.86. The van der Waals surface area contributed by atoms with Gasteiger partial charge in [0.15, 0.2) is 0 Å². The average molecular weight is 307 g/mol. The molecule has 0 amide bonds. The number of nitrogens with zero attached hydrogens (tertiary/aromatic N) is 3. The summed E-state index contributed by atoms with van der Waals surface area (Å²) < 4.78 is 0. The standard InChI is InChI=1S/C14H15ClN4O2/c1-14(2,3)9-6-4-5-7-10(9)17-12-11(19(20)21)8-16-13(15)18-12/h4-8H,1-3H3,(H,16,17,18). The van der Waals surface area contributed by atoms with E-state index < -0.39 is 4.92 Å². The average Bonchev–Trinajstić information content (AvgIpc) is 2.37. The number of hydrogen-bond acceptors (Lipinski definition) is 5. The van der Waals surface area contributed by atoms with Gasteiger partial charge in [0.1, 0.15) is 6.20 Å². The number of aromatic nitrogens is 2. The molecular weight excluding hydrogens is 292 g/mol. The number of halogens is 1. The molecule has 110 valence electrons. The monoisotopic (exact) mass is 306 g/mol. The highest BCUT2D eigenvalue weighted by atomic mass is 35.5. The van der Waals surface area contributed by atoms with Crippen molar-refractivity contribution in [3.05, 3.63) is 51.4 Å². The molecule has 1 heterocycles. The minimum absolute atomic E-state index is 0.0451. The zero-order valence-electron chi connectivity index (χ0n) is 11.9. The van der Waals surface area contributed by atoms with E-state index in [1.54, 1.807) is 0 Å². The number of para-hydroxylation sites is 1. The summed E-state index contributed by atoms with van der Waals surface area (Å²) in [5, 5.41) is 14.0. The largest absolute Gasteiger partial charge is 0.334 e. The van der Waals surface area contributed by atoms with Crippen LogP contribution in [0.4, 0.5) is 17.2 Å². The fraction of sp³-hybridized carbons (Fsp3) is 0.286. The Morgan fingerprint density at radius 1 is 1.29 bits per heavy atom. The molecule has 0 atom stereocenters. The predicted molar refractivity (Wildman–Crippen MR) is 82.1 cm³/mol. The summed E-state index contributed by atoms with van der Waals surface area (Å²) in [6, 6.07) is 7.59. The van der Waals surface area contributed by atoms with Crippen molar-refractivity contribution in [2.24, 2.45) is 0 Å². The molecule has 1 aromatic heterocycles. The van der Waals surface area contributed by atoms with Crippen LogP contribution in [0.2, 0.25) is 5.28 Å². The third-order valence-electron chi connectivity index (χ3n) is 2.92. The molecule has 2 rings (SSSR count). The van der Waals surface area contributed by atoms with E-state index in [1.807, 2.05) is 24.3 Å². The number of rotatable bonds is 3. The molecule has 6 nitrogen and oxygen atoms in total. The summed E-state index contributed by atoms with van der Waals surface area (Å²) >= 11 is 5.73. The van der Waals surface area contributed by atoms with Crippen LogP contribution >= 0.6 is 11.6 Å². The fourth-order valence-electron chi connectivity index (χ4n) is 1.95. The molecule has 7 heteroatoms. The molecule has 0 unspecified atom stereocenters. The van der Waals surface area contributed by atoms with Gasteiger partial charge in [-0.25, -0.2) is 4.98 Å². The highest BCUT2D eigenvalue weighted by molar-refractivity contribution is 6.28. The van der Waals surface area contributed by atoms with E-state index >= 15 is 0 Å². The van der Waals surface area contributed by atoms with Crippen LogP contribution in [0.15, 0.2) is 30.5 Å². The number of hydrogen-bond donors (Lipinski definition) is 1. The minimum atomic E-state index is -0.543. The van der Waals surface area contributed by atoms with Gasteiger partial charge in [-0.2, -0.15) is 4.98 Å². The van der Waals surface area contributed by atoms with Crippen LogP contribution in [-0.4, -0.2) is 14.9 Å². The van der Waals surface area contributed by atoms with Crippen LogP contribution in [0.5, 0.6) is 0 Å². The lowest BCUT2D eigenvalue weighted by Gasteiger charge is -2.23. The minimum Gasteiger partial charge on any atom is -0.334 e. The summed E-state index contributed by atoms with van der Waals surface area (Å²) in [7, 11) is 0. The van der Waals surface area contributed by atoms with Crippen molar-refractivity contribution in [1.29, 1.82) is 0 Å². The van der Waals surface area contributed by atoms with Crippen molar-refractivity contribution in [3.63, 3.8) is 0 Å². The molecule has 21 heavy (non-hydrogen) atoms. The summed E-state index contributed by atoms with van der Waals surface area (Å²) in [5.74, 6) is 0.0803. The molecule has 0 saturated heterocycles. The normalized spacial score (nSPS) is 11.2. The molecule has 0 saturated carbocycles. The maximum Gasteiger partial charge on any atom is 0.329 e. The van der Waals surface area contributed by atoms with E-state index in [0.29, 0.717) is 0 Å². The first-order valence-corrected chi connectivity index (χ1v) is 6.70. The zero-order chi connectivity index (χ0) is 15.6. The zero-order valence-corrected chi connectivity index (χ0v) is 12.7. The smallest absolute Gasteiger partial charge is 0.329 e. The van der Waals surface area contributed by atoms with E-state index in [-0.39, 0.29) is 22.2 Å². The Balaban J connectivity index is 2.49. The molecule has 0 fully saturated rings. The highest BCUT2D eigenvalue weighted by Gasteiger charge is 2.21. The predicted octanol–water partition coefficient (Wildman–Crippen LogP) is 4.08. The number of nitrogens with one attached hydrogen (secondary N) is 1. The molecule has 0 radical (unpaired) electrons. The van der Waals surface area contributed by atoms with Gasteiger partial charge >= 0.3 is 5.69 Å². The van der Waals surface area contributed by atoms with Crippen LogP contribution in [0.25, 0.3) is 0 Å². The highest BCUT2D eigenvalue weighted by Crippen LogP contribution is 2.33. The van der Waals surface area contributed by atoms with Gasteiger partial charge in [-0.1, -0.05) is 39.0 Å². The molecule has 0 aliphatic rings. The van der Waals surface area contributed by atoms with Gasteiger partial charge in [-0.15, -0.1) is 0 Å². The first-order chi connectivity index (χ1) is 9.79. The second kappa shape index (κ2) is 5.65. The Kier molecular flexibility index (Phi) is 4.09. The Labute approximate surface area is 127 Å². The lowest BCUT2D eigenvalue weighted by molar-refractivity contribution is -0.384. The van der Waals surface area contributed by atoms with Gasteiger partial charge in [0.25, 0.3) is 0 Å². The van der Waals surface area contributed by atoms with Crippen LogP contribution in [0, 0.1) is 10.1 Å². The second-order valence-corrected chi connectivity index (χ2v) is 5.89.